The van der Waals surface area contributed by atoms with E-state index in [2.05, 4.69) is 23.0 Å². The fourth-order valence-electron chi connectivity index (χ4n) is 4.40. The van der Waals surface area contributed by atoms with Gasteiger partial charge in [-0.2, -0.15) is 17.7 Å². The van der Waals surface area contributed by atoms with Crippen LogP contribution in [0.1, 0.15) is 35.5 Å². The maximum absolute atomic E-state index is 15.4. The first-order valence-corrected chi connectivity index (χ1v) is 15.3. The summed E-state index contributed by atoms with van der Waals surface area (Å²) in [5.41, 5.74) is 1.97. The predicted molar refractivity (Wildman–Crippen MR) is 161 cm³/mol. The van der Waals surface area contributed by atoms with Gasteiger partial charge < -0.3 is 10.1 Å². The number of ether oxygens (including phenoxy) is 1. The van der Waals surface area contributed by atoms with E-state index in [0.29, 0.717) is 30.2 Å². The van der Waals surface area contributed by atoms with E-state index >= 15 is 4.39 Å². The van der Waals surface area contributed by atoms with Gasteiger partial charge in [-0.15, -0.1) is 0 Å². The maximum atomic E-state index is 15.4. The summed E-state index contributed by atoms with van der Waals surface area (Å²) in [4.78, 5) is 24.3. The molecule has 2 amide bonds. The van der Waals surface area contributed by atoms with Crippen LogP contribution in [0.25, 0.3) is 11.1 Å². The molecule has 220 valence electrons. The van der Waals surface area contributed by atoms with E-state index in [1.165, 1.54) is 41.1 Å². The molecule has 1 heterocycles. The predicted octanol–water partition coefficient (Wildman–Crippen LogP) is 4.23. The highest BCUT2D eigenvalue weighted by molar-refractivity contribution is 7.90. The number of aromatic nitrogens is 2. The van der Waals surface area contributed by atoms with Gasteiger partial charge in [0.25, 0.3) is 15.9 Å². The molecule has 1 unspecified atom stereocenters. The number of nitrogens with zero attached hydrogens (tertiary/aromatic N) is 2. The summed E-state index contributed by atoms with van der Waals surface area (Å²) >= 11 is 4.38. The van der Waals surface area contributed by atoms with E-state index in [1.54, 1.807) is 19.1 Å². The van der Waals surface area contributed by atoms with Gasteiger partial charge in [-0.05, 0) is 36.6 Å². The van der Waals surface area contributed by atoms with Gasteiger partial charge in [0, 0.05) is 35.9 Å². The van der Waals surface area contributed by atoms with E-state index in [1.807, 2.05) is 35.1 Å². The van der Waals surface area contributed by atoms with Crippen LogP contribution in [0.3, 0.4) is 0 Å². The van der Waals surface area contributed by atoms with Crippen molar-refractivity contribution < 1.29 is 27.1 Å². The van der Waals surface area contributed by atoms with Crippen molar-refractivity contribution in [3.8, 4) is 17.0 Å². The Bertz CT molecular complexity index is 1680. The number of carbonyl (C=O) groups excluding carboxylic acids is 2. The van der Waals surface area contributed by atoms with Crippen molar-refractivity contribution in [3.63, 3.8) is 0 Å². The van der Waals surface area contributed by atoms with Gasteiger partial charge in [0.2, 0.25) is 11.8 Å². The van der Waals surface area contributed by atoms with Crippen LogP contribution in [0.2, 0.25) is 0 Å². The Morgan fingerprint density at radius 1 is 1.05 bits per heavy atom. The van der Waals surface area contributed by atoms with Gasteiger partial charge in [-0.25, -0.2) is 22.2 Å². The molecular formula is C30H31FN4O5S2. The molecule has 0 spiro atoms. The number of nitrogens with one attached hydrogen (secondary N) is 2. The summed E-state index contributed by atoms with van der Waals surface area (Å²) in [6.45, 7) is 3.15. The lowest BCUT2D eigenvalue weighted by Crippen LogP contribution is -2.38. The highest BCUT2D eigenvalue weighted by atomic mass is 32.2. The van der Waals surface area contributed by atoms with Crippen LogP contribution in [0, 0.1) is 5.82 Å². The molecule has 0 fully saturated rings. The molecule has 0 saturated heterocycles. The molecule has 0 aliphatic heterocycles. The lowest BCUT2D eigenvalue weighted by Gasteiger charge is -2.15. The number of thiol groups is 1. The molecule has 4 rings (SSSR count). The third-order valence-electron chi connectivity index (χ3n) is 6.29. The Kier molecular flexibility index (Phi) is 10.0. The number of benzene rings is 3. The molecule has 12 heteroatoms. The van der Waals surface area contributed by atoms with Crippen LogP contribution in [0.4, 0.5) is 4.39 Å². The second-order valence-electron chi connectivity index (χ2n) is 9.47. The van der Waals surface area contributed by atoms with Crippen molar-refractivity contribution in [2.24, 2.45) is 0 Å². The third-order valence-corrected chi connectivity index (χ3v) is 8.22. The lowest BCUT2D eigenvalue weighted by molar-refractivity contribution is -0.117. The van der Waals surface area contributed by atoms with Crippen molar-refractivity contribution in [1.29, 1.82) is 0 Å². The summed E-state index contributed by atoms with van der Waals surface area (Å²) in [5.74, 6) is -1.03. The molecule has 0 radical (unpaired) electrons. The van der Waals surface area contributed by atoms with Gasteiger partial charge in [0.1, 0.15) is 5.82 Å². The molecule has 1 atom stereocenters. The Labute approximate surface area is 249 Å². The number of sulfonamides is 1. The zero-order valence-corrected chi connectivity index (χ0v) is 24.8. The summed E-state index contributed by atoms with van der Waals surface area (Å²) in [6, 6.07) is 21.3. The standard InChI is InChI=1S/C30H31FN4O5S2/c1-3-40-29-17-27(30(37)32-24(19-41)15-21-9-5-4-6-10-21)33-35(29)18-23-14-13-22(16-26(23)31)25-11-7-8-12-28(25)42(38,39)34-20(2)36/h4-14,16-17,24,41H,3,15,18-19H2,1-2H3,(H,32,37)(H,34,36). The first-order valence-electron chi connectivity index (χ1n) is 13.2. The zero-order valence-electron chi connectivity index (χ0n) is 23.1. The molecule has 1 aromatic heterocycles. The van der Waals surface area contributed by atoms with Crippen molar-refractivity contribution in [2.45, 2.75) is 37.8 Å². The SMILES string of the molecule is CCOc1cc(C(=O)NC(CS)Cc2ccccc2)nn1Cc1ccc(-c2ccccc2S(=O)(=O)NC(C)=O)cc1F. The first-order chi connectivity index (χ1) is 20.1. The second kappa shape index (κ2) is 13.7. The summed E-state index contributed by atoms with van der Waals surface area (Å²) in [5, 5.41) is 7.33. The first kappa shape index (κ1) is 30.8. The number of rotatable bonds is 12. The van der Waals surface area contributed by atoms with Gasteiger partial charge in [-0.3, -0.25) is 9.59 Å². The van der Waals surface area contributed by atoms with Crippen LogP contribution >= 0.6 is 12.6 Å². The molecule has 9 nitrogen and oxygen atoms in total. The average molecular weight is 611 g/mol. The van der Waals surface area contributed by atoms with Crippen LogP contribution < -0.4 is 14.8 Å². The van der Waals surface area contributed by atoms with E-state index in [4.69, 9.17) is 4.74 Å². The van der Waals surface area contributed by atoms with E-state index < -0.39 is 27.7 Å². The third kappa shape index (κ3) is 7.56. The molecule has 4 aromatic rings. The highest BCUT2D eigenvalue weighted by Crippen LogP contribution is 2.29. The molecule has 0 aliphatic rings. The minimum Gasteiger partial charge on any atom is -0.478 e. The number of hydrogen-bond acceptors (Lipinski definition) is 7. The fourth-order valence-corrected chi connectivity index (χ4v) is 5.84. The molecule has 3 aromatic carbocycles. The quantitative estimate of drug-likeness (QED) is 0.207. The number of amides is 2. The molecule has 42 heavy (non-hydrogen) atoms. The van der Waals surface area contributed by atoms with Crippen LogP contribution in [0.5, 0.6) is 5.88 Å². The topological polar surface area (TPSA) is 119 Å². The lowest BCUT2D eigenvalue weighted by atomic mass is 10.0. The summed E-state index contributed by atoms with van der Waals surface area (Å²) in [7, 11) is -4.15. The second-order valence-corrected chi connectivity index (χ2v) is 11.5. The van der Waals surface area contributed by atoms with Crippen molar-refractivity contribution >= 4 is 34.5 Å². The van der Waals surface area contributed by atoms with Gasteiger partial charge in [0.05, 0.1) is 18.0 Å². The average Bonchev–Trinajstić information content (AvgIpc) is 3.36. The number of carbonyl (C=O) groups is 2. The van der Waals surface area contributed by atoms with Crippen LogP contribution in [-0.4, -0.2) is 48.4 Å². The maximum Gasteiger partial charge on any atom is 0.272 e. The van der Waals surface area contributed by atoms with E-state index in [-0.39, 0.29) is 34.3 Å². The zero-order chi connectivity index (χ0) is 30.3. The summed E-state index contributed by atoms with van der Waals surface area (Å²) in [6.07, 6.45) is 0.599. The Hall–Kier alpha value is -4.16. The van der Waals surface area contributed by atoms with E-state index in [0.717, 1.165) is 12.5 Å². The molecule has 2 N–H and O–H groups in total. The normalized spacial score (nSPS) is 12.0. The molecule has 0 aliphatic carbocycles. The molecule has 0 saturated carbocycles. The monoisotopic (exact) mass is 610 g/mol. The molecule has 0 bridgehead atoms. The fraction of sp³-hybridized carbons (Fsp3) is 0.233. The number of hydrogen-bond donors (Lipinski definition) is 3. The smallest absolute Gasteiger partial charge is 0.272 e. The Morgan fingerprint density at radius 3 is 2.43 bits per heavy atom. The number of halogens is 1. The van der Waals surface area contributed by atoms with Crippen molar-refractivity contribution in [1.82, 2.24) is 19.8 Å². The van der Waals surface area contributed by atoms with E-state index in [9.17, 15) is 18.0 Å². The van der Waals surface area contributed by atoms with Crippen LogP contribution in [0.15, 0.2) is 83.8 Å². The van der Waals surface area contributed by atoms with Crippen LogP contribution in [-0.2, 0) is 27.8 Å². The van der Waals surface area contributed by atoms with Gasteiger partial charge in [0.15, 0.2) is 5.69 Å². The van der Waals surface area contributed by atoms with Gasteiger partial charge >= 0.3 is 0 Å². The Balaban J connectivity index is 1.56. The highest BCUT2D eigenvalue weighted by Gasteiger charge is 2.22. The van der Waals surface area contributed by atoms with Crippen molar-refractivity contribution in [2.75, 3.05) is 12.4 Å². The summed E-state index contributed by atoms with van der Waals surface area (Å²) < 4.78 is 49.7. The minimum absolute atomic E-state index is 0.0411. The van der Waals surface area contributed by atoms with Gasteiger partial charge in [-0.1, -0.05) is 60.7 Å². The van der Waals surface area contributed by atoms with Crippen molar-refractivity contribution in [3.05, 3.63) is 102 Å². The molecular weight excluding hydrogens is 579 g/mol. The minimum atomic E-state index is -4.15. The Morgan fingerprint density at radius 2 is 1.76 bits per heavy atom. The largest absolute Gasteiger partial charge is 0.478 e.